The van der Waals surface area contributed by atoms with Gasteiger partial charge in [0.05, 0.1) is 11.2 Å². The minimum Gasteiger partial charge on any atom is -0.508 e. The Hall–Kier alpha value is -2.31. The van der Waals surface area contributed by atoms with E-state index in [0.717, 1.165) is 6.07 Å². The molecule has 3 nitrogen and oxygen atoms in total. The van der Waals surface area contributed by atoms with Crippen LogP contribution in [0.15, 0.2) is 54.6 Å². The summed E-state index contributed by atoms with van der Waals surface area (Å²) in [5.41, 5.74) is -3.97. The van der Waals surface area contributed by atoms with E-state index < -0.39 is 34.3 Å². The lowest BCUT2D eigenvalue weighted by Crippen LogP contribution is -2.61. The lowest BCUT2D eigenvalue weighted by Gasteiger charge is -2.58. The highest BCUT2D eigenvalue weighted by Crippen LogP contribution is 2.61. The fraction of sp³-hybridized carbons (Fsp3) is 0.417. The Morgan fingerprint density at radius 1 is 1.07 bits per heavy atom. The van der Waals surface area contributed by atoms with Crippen LogP contribution in [0.4, 0.5) is 13.2 Å². The monoisotopic (exact) mass is 418 g/mol. The van der Waals surface area contributed by atoms with Gasteiger partial charge in [0, 0.05) is 5.41 Å². The van der Waals surface area contributed by atoms with Crippen LogP contribution < -0.4 is 0 Å². The molecular weight excluding hydrogens is 393 g/mol. The van der Waals surface area contributed by atoms with Crippen molar-refractivity contribution in [2.75, 3.05) is 0 Å². The van der Waals surface area contributed by atoms with E-state index in [9.17, 15) is 28.5 Å². The molecule has 6 heteroatoms. The Balaban J connectivity index is 1.95. The standard InChI is InChI=1S/C24H25F3O3/c1-3-22-14-21(2,29)23(30,15-7-5-4-6-8-15)13-16(22)11-20(24(25,26)27)18-12-17(28)9-10-19(18)22/h4-12,16,28-30H,3,13-14H2,1-2H3/t16-,21?,22?,23?/m1/s1. The molecule has 160 valence electrons. The summed E-state index contributed by atoms with van der Waals surface area (Å²) in [6, 6.07) is 12.7. The fourth-order valence-electron chi connectivity index (χ4n) is 5.59. The van der Waals surface area contributed by atoms with Crippen LogP contribution >= 0.6 is 0 Å². The van der Waals surface area contributed by atoms with Gasteiger partial charge < -0.3 is 15.3 Å². The SMILES string of the molecule is CCC12CC(C)(O)C(O)(c3ccccc3)C[C@H]1C=C(C(F)(F)F)c1cc(O)ccc12. The van der Waals surface area contributed by atoms with E-state index in [4.69, 9.17) is 0 Å². The van der Waals surface area contributed by atoms with Gasteiger partial charge in [-0.05, 0) is 60.9 Å². The van der Waals surface area contributed by atoms with Crippen molar-refractivity contribution in [2.24, 2.45) is 5.92 Å². The molecule has 0 amide bonds. The number of aromatic hydroxyl groups is 1. The van der Waals surface area contributed by atoms with Crippen molar-refractivity contribution in [1.29, 1.82) is 0 Å². The van der Waals surface area contributed by atoms with Crippen LogP contribution in [0, 0.1) is 5.92 Å². The molecule has 2 aromatic carbocycles. The van der Waals surface area contributed by atoms with Crippen molar-refractivity contribution in [3.8, 4) is 5.75 Å². The van der Waals surface area contributed by atoms with Gasteiger partial charge in [-0.2, -0.15) is 13.2 Å². The van der Waals surface area contributed by atoms with Crippen LogP contribution in [0.25, 0.3) is 5.57 Å². The molecule has 2 aromatic rings. The quantitative estimate of drug-likeness (QED) is 0.640. The zero-order valence-electron chi connectivity index (χ0n) is 16.9. The molecule has 0 aromatic heterocycles. The highest BCUT2D eigenvalue weighted by atomic mass is 19.4. The number of benzene rings is 2. The highest BCUT2D eigenvalue weighted by Gasteiger charge is 2.61. The summed E-state index contributed by atoms with van der Waals surface area (Å²) in [6.45, 7) is 3.44. The Labute approximate surface area is 173 Å². The Kier molecular flexibility index (Phi) is 4.60. The van der Waals surface area contributed by atoms with E-state index >= 15 is 0 Å². The van der Waals surface area contributed by atoms with E-state index in [0.29, 0.717) is 17.5 Å². The molecule has 0 spiro atoms. The molecule has 30 heavy (non-hydrogen) atoms. The third kappa shape index (κ3) is 2.88. The number of hydrogen-bond donors (Lipinski definition) is 3. The first-order chi connectivity index (χ1) is 13.9. The third-order valence-electron chi connectivity index (χ3n) is 7.16. The van der Waals surface area contributed by atoms with Crippen molar-refractivity contribution < 1.29 is 28.5 Å². The van der Waals surface area contributed by atoms with Crippen molar-refractivity contribution in [3.05, 3.63) is 71.3 Å². The summed E-state index contributed by atoms with van der Waals surface area (Å²) in [4.78, 5) is 0. The zero-order valence-corrected chi connectivity index (χ0v) is 16.9. The molecule has 3 unspecified atom stereocenters. The number of halogens is 3. The van der Waals surface area contributed by atoms with Crippen molar-refractivity contribution in [2.45, 2.75) is 55.9 Å². The first-order valence-corrected chi connectivity index (χ1v) is 10.1. The number of phenols is 1. The maximum Gasteiger partial charge on any atom is 0.416 e. The molecule has 4 rings (SSSR count). The minimum absolute atomic E-state index is 0.0439. The normalized spacial score (nSPS) is 33.4. The van der Waals surface area contributed by atoms with Gasteiger partial charge in [0.15, 0.2) is 0 Å². The first-order valence-electron chi connectivity index (χ1n) is 10.1. The molecule has 1 fully saturated rings. The second-order valence-corrected chi connectivity index (χ2v) is 8.81. The van der Waals surface area contributed by atoms with Crippen molar-refractivity contribution in [1.82, 2.24) is 0 Å². The molecule has 2 aliphatic rings. The minimum atomic E-state index is -4.60. The number of fused-ring (bicyclic) bond motifs is 3. The number of phenolic OH excluding ortho intramolecular Hbond substituents is 1. The summed E-state index contributed by atoms with van der Waals surface area (Å²) in [6.07, 6.45) is -2.89. The molecular formula is C24H25F3O3. The summed E-state index contributed by atoms with van der Waals surface area (Å²) < 4.78 is 41.8. The van der Waals surface area contributed by atoms with Gasteiger partial charge in [0.1, 0.15) is 11.4 Å². The predicted octanol–water partition coefficient (Wildman–Crippen LogP) is 5.05. The van der Waals surface area contributed by atoms with E-state index in [-0.39, 0.29) is 24.2 Å². The van der Waals surface area contributed by atoms with Gasteiger partial charge >= 0.3 is 6.18 Å². The molecule has 4 atom stereocenters. The molecule has 0 aliphatic heterocycles. The van der Waals surface area contributed by atoms with Crippen LogP contribution in [-0.2, 0) is 11.0 Å². The van der Waals surface area contributed by atoms with E-state index in [1.807, 2.05) is 6.92 Å². The van der Waals surface area contributed by atoms with Gasteiger partial charge in [-0.15, -0.1) is 0 Å². The lowest BCUT2D eigenvalue weighted by atomic mass is 9.49. The van der Waals surface area contributed by atoms with Crippen LogP contribution in [0.3, 0.4) is 0 Å². The van der Waals surface area contributed by atoms with Gasteiger partial charge in [-0.25, -0.2) is 0 Å². The highest BCUT2D eigenvalue weighted by molar-refractivity contribution is 5.77. The van der Waals surface area contributed by atoms with E-state index in [2.05, 4.69) is 0 Å². The topological polar surface area (TPSA) is 60.7 Å². The second kappa shape index (κ2) is 6.59. The number of aliphatic hydroxyl groups is 2. The third-order valence-corrected chi connectivity index (χ3v) is 7.16. The maximum atomic E-state index is 13.9. The molecule has 0 bridgehead atoms. The number of allylic oxidation sites excluding steroid dienone is 2. The first kappa shape index (κ1) is 20.9. The van der Waals surface area contributed by atoms with E-state index in [1.54, 1.807) is 37.3 Å². The van der Waals surface area contributed by atoms with Crippen LogP contribution in [0.1, 0.15) is 49.8 Å². The average molecular weight is 418 g/mol. The number of rotatable bonds is 2. The van der Waals surface area contributed by atoms with Crippen molar-refractivity contribution in [3.63, 3.8) is 0 Å². The smallest absolute Gasteiger partial charge is 0.416 e. The average Bonchev–Trinajstić information content (AvgIpc) is 2.68. The van der Waals surface area contributed by atoms with Gasteiger partial charge in [-0.1, -0.05) is 49.4 Å². The Morgan fingerprint density at radius 3 is 2.33 bits per heavy atom. The van der Waals surface area contributed by atoms with Gasteiger partial charge in [0.25, 0.3) is 0 Å². The maximum absolute atomic E-state index is 13.9. The number of alkyl halides is 3. The van der Waals surface area contributed by atoms with Crippen molar-refractivity contribution >= 4 is 5.57 Å². The van der Waals surface area contributed by atoms with E-state index in [1.165, 1.54) is 18.2 Å². The predicted molar refractivity (Wildman–Crippen MR) is 108 cm³/mol. The molecule has 0 heterocycles. The molecule has 0 radical (unpaired) electrons. The Morgan fingerprint density at radius 2 is 1.73 bits per heavy atom. The summed E-state index contributed by atoms with van der Waals surface area (Å²) in [7, 11) is 0. The summed E-state index contributed by atoms with van der Waals surface area (Å²) >= 11 is 0. The second-order valence-electron chi connectivity index (χ2n) is 8.81. The molecule has 1 saturated carbocycles. The molecule has 2 aliphatic carbocycles. The van der Waals surface area contributed by atoms with Crippen LogP contribution in [0.2, 0.25) is 0 Å². The Bertz CT molecular complexity index is 997. The zero-order chi connectivity index (χ0) is 21.9. The van der Waals surface area contributed by atoms with Crippen LogP contribution in [-0.4, -0.2) is 27.1 Å². The molecule has 0 saturated heterocycles. The summed E-state index contributed by atoms with van der Waals surface area (Å²) in [5.74, 6) is -0.876. The summed E-state index contributed by atoms with van der Waals surface area (Å²) in [5, 5.41) is 32.9. The fourth-order valence-corrected chi connectivity index (χ4v) is 5.59. The van der Waals surface area contributed by atoms with Gasteiger partial charge in [-0.3, -0.25) is 0 Å². The molecule has 3 N–H and O–H groups in total. The number of hydrogen-bond acceptors (Lipinski definition) is 3. The largest absolute Gasteiger partial charge is 0.508 e. The lowest BCUT2D eigenvalue weighted by molar-refractivity contribution is -0.198. The van der Waals surface area contributed by atoms with Crippen LogP contribution in [0.5, 0.6) is 5.75 Å². The van der Waals surface area contributed by atoms with Gasteiger partial charge in [0.2, 0.25) is 0 Å².